The van der Waals surface area contributed by atoms with Crippen LogP contribution in [0, 0.1) is 5.92 Å². The molecule has 142 valence electrons. The number of carbonyl (C=O) groups excluding carboxylic acids is 2. The van der Waals surface area contributed by atoms with Crippen molar-refractivity contribution in [3.8, 4) is 0 Å². The molecule has 4 nitrogen and oxygen atoms in total. The van der Waals surface area contributed by atoms with Crippen molar-refractivity contribution in [2.24, 2.45) is 5.92 Å². The summed E-state index contributed by atoms with van der Waals surface area (Å²) in [6, 6.07) is 0. The molecule has 0 saturated heterocycles. The molecule has 1 aliphatic carbocycles. The molecule has 0 bridgehead atoms. The minimum Gasteiger partial charge on any atom is -0.460 e. The van der Waals surface area contributed by atoms with E-state index in [4.69, 9.17) is 9.47 Å². The second-order valence-corrected chi connectivity index (χ2v) is 7.77. The molecule has 1 atom stereocenters. The highest BCUT2D eigenvalue weighted by Gasteiger charge is 2.22. The first-order valence-corrected chi connectivity index (χ1v) is 9.56. The van der Waals surface area contributed by atoms with Crippen LogP contribution in [0.4, 0.5) is 0 Å². The van der Waals surface area contributed by atoms with Crippen molar-refractivity contribution in [3.63, 3.8) is 0 Å². The van der Waals surface area contributed by atoms with E-state index in [0.717, 1.165) is 38.5 Å². The van der Waals surface area contributed by atoms with Gasteiger partial charge < -0.3 is 9.47 Å². The molecule has 0 saturated carbocycles. The Morgan fingerprint density at radius 3 is 2.20 bits per heavy atom. The monoisotopic (exact) mass is 350 g/mol. The first kappa shape index (κ1) is 21.5. The van der Waals surface area contributed by atoms with Gasteiger partial charge >= 0.3 is 11.9 Å². The number of hydrogen-bond acceptors (Lipinski definition) is 4. The lowest BCUT2D eigenvalue weighted by molar-refractivity contribution is -0.158. The smallest absolute Gasteiger partial charge is 0.313 e. The zero-order valence-corrected chi connectivity index (χ0v) is 16.3. The molecule has 0 aliphatic heterocycles. The summed E-state index contributed by atoms with van der Waals surface area (Å²) in [5, 5.41) is 0. The van der Waals surface area contributed by atoms with Gasteiger partial charge in [0.25, 0.3) is 0 Å². The highest BCUT2D eigenvalue weighted by atomic mass is 16.6. The highest BCUT2D eigenvalue weighted by Crippen LogP contribution is 2.20. The van der Waals surface area contributed by atoms with Gasteiger partial charge in [0, 0.05) is 13.3 Å². The third-order valence-corrected chi connectivity index (χ3v) is 4.05. The van der Waals surface area contributed by atoms with Gasteiger partial charge in [0.05, 0.1) is 5.92 Å². The van der Waals surface area contributed by atoms with Crippen molar-refractivity contribution in [1.82, 2.24) is 0 Å². The molecule has 0 aromatic heterocycles. The summed E-state index contributed by atoms with van der Waals surface area (Å²) in [6.45, 7) is 7.07. The Bertz CT molecular complexity index is 483. The van der Waals surface area contributed by atoms with E-state index < -0.39 is 5.60 Å². The first-order valence-electron chi connectivity index (χ1n) is 9.56. The van der Waals surface area contributed by atoms with Crippen LogP contribution in [0.1, 0.15) is 85.5 Å². The summed E-state index contributed by atoms with van der Waals surface area (Å²) in [6.07, 6.45) is 15.0. The van der Waals surface area contributed by atoms with Gasteiger partial charge in [0.15, 0.2) is 0 Å². The number of allylic oxidation sites excluding steroid dienone is 3. The minimum atomic E-state index is -0.483. The van der Waals surface area contributed by atoms with Gasteiger partial charge in [0.2, 0.25) is 0 Å². The SMILES string of the molecule is CC(=O)O/C1=C/C=C\[C@@H](C(=O)OC(C)(C)C)CCCCCCCCC1. The Morgan fingerprint density at radius 1 is 1.00 bits per heavy atom. The van der Waals surface area contributed by atoms with Crippen molar-refractivity contribution in [3.05, 3.63) is 24.0 Å². The molecule has 1 rings (SSSR count). The maximum absolute atomic E-state index is 12.4. The lowest BCUT2D eigenvalue weighted by atomic mass is 9.98. The predicted molar refractivity (Wildman–Crippen MR) is 99.9 cm³/mol. The number of ether oxygens (including phenoxy) is 2. The van der Waals surface area contributed by atoms with Crippen LogP contribution in [-0.2, 0) is 19.1 Å². The van der Waals surface area contributed by atoms with Crippen molar-refractivity contribution >= 4 is 11.9 Å². The Hall–Kier alpha value is -1.58. The molecular formula is C21H34O4. The van der Waals surface area contributed by atoms with E-state index in [9.17, 15) is 9.59 Å². The van der Waals surface area contributed by atoms with E-state index in [1.807, 2.05) is 39.0 Å². The van der Waals surface area contributed by atoms with Crippen LogP contribution < -0.4 is 0 Å². The fourth-order valence-corrected chi connectivity index (χ4v) is 2.87. The van der Waals surface area contributed by atoms with Gasteiger partial charge in [-0.1, -0.05) is 50.7 Å². The van der Waals surface area contributed by atoms with Gasteiger partial charge in [0.1, 0.15) is 11.4 Å². The number of rotatable bonds is 2. The van der Waals surface area contributed by atoms with E-state index in [-0.39, 0.29) is 17.9 Å². The largest absolute Gasteiger partial charge is 0.460 e. The summed E-state index contributed by atoms with van der Waals surface area (Å²) in [7, 11) is 0. The number of hydrogen-bond donors (Lipinski definition) is 0. The Balaban J connectivity index is 2.85. The summed E-state index contributed by atoms with van der Waals surface area (Å²) in [4.78, 5) is 23.7. The normalized spacial score (nSPS) is 24.3. The average Bonchev–Trinajstić information content (AvgIpc) is 2.48. The number of esters is 2. The maximum atomic E-state index is 12.4. The molecule has 0 heterocycles. The second kappa shape index (κ2) is 11.1. The summed E-state index contributed by atoms with van der Waals surface area (Å²) in [5.74, 6) is -0.0662. The molecule has 0 amide bonds. The maximum Gasteiger partial charge on any atom is 0.313 e. The van der Waals surface area contributed by atoms with Gasteiger partial charge in [-0.05, 0) is 39.7 Å². The van der Waals surface area contributed by atoms with E-state index in [2.05, 4.69) is 0 Å². The Morgan fingerprint density at radius 2 is 1.60 bits per heavy atom. The molecule has 0 aromatic carbocycles. The third kappa shape index (κ3) is 10.8. The quantitative estimate of drug-likeness (QED) is 0.619. The minimum absolute atomic E-state index is 0.182. The molecule has 1 aliphatic rings. The van der Waals surface area contributed by atoms with E-state index in [1.165, 1.54) is 26.2 Å². The Labute approximate surface area is 152 Å². The van der Waals surface area contributed by atoms with Crippen LogP contribution in [0.15, 0.2) is 24.0 Å². The molecule has 25 heavy (non-hydrogen) atoms. The van der Waals surface area contributed by atoms with Crippen molar-refractivity contribution < 1.29 is 19.1 Å². The standard InChI is InChI=1S/C21H34O4/c1-17(22)24-19-15-11-9-7-5-6-8-10-13-18(14-12-16-19)20(23)25-21(2,3)4/h12,14,16,18H,5-11,13,15H2,1-4H3/b14-12-,19-16+/t18-/m0/s1. The van der Waals surface area contributed by atoms with E-state index in [1.54, 1.807) is 0 Å². The van der Waals surface area contributed by atoms with Crippen molar-refractivity contribution in [2.75, 3.05) is 0 Å². The van der Waals surface area contributed by atoms with Gasteiger partial charge in [-0.15, -0.1) is 0 Å². The topological polar surface area (TPSA) is 52.6 Å². The van der Waals surface area contributed by atoms with Gasteiger partial charge in [-0.25, -0.2) is 0 Å². The molecule has 0 N–H and O–H groups in total. The molecule has 0 aromatic rings. The lowest BCUT2D eigenvalue weighted by Gasteiger charge is -2.22. The highest BCUT2D eigenvalue weighted by molar-refractivity contribution is 5.75. The average molecular weight is 350 g/mol. The van der Waals surface area contributed by atoms with Crippen LogP contribution in [-0.4, -0.2) is 17.5 Å². The van der Waals surface area contributed by atoms with Gasteiger partial charge in [-0.3, -0.25) is 9.59 Å². The van der Waals surface area contributed by atoms with Gasteiger partial charge in [-0.2, -0.15) is 0 Å². The van der Waals surface area contributed by atoms with E-state index >= 15 is 0 Å². The van der Waals surface area contributed by atoms with Crippen molar-refractivity contribution in [1.29, 1.82) is 0 Å². The zero-order valence-electron chi connectivity index (χ0n) is 16.3. The fourth-order valence-electron chi connectivity index (χ4n) is 2.87. The molecule has 0 radical (unpaired) electrons. The molecular weight excluding hydrogens is 316 g/mol. The van der Waals surface area contributed by atoms with Crippen LogP contribution in [0.5, 0.6) is 0 Å². The van der Waals surface area contributed by atoms with Crippen LogP contribution in [0.2, 0.25) is 0 Å². The first-order chi connectivity index (χ1) is 11.8. The predicted octanol–water partition coefficient (Wildman–Crippen LogP) is 5.47. The van der Waals surface area contributed by atoms with Crippen LogP contribution in [0.3, 0.4) is 0 Å². The van der Waals surface area contributed by atoms with Crippen LogP contribution in [0.25, 0.3) is 0 Å². The molecule has 0 spiro atoms. The second-order valence-electron chi connectivity index (χ2n) is 7.77. The fraction of sp³-hybridized carbons (Fsp3) is 0.714. The molecule has 4 heteroatoms. The van der Waals surface area contributed by atoms with Crippen LogP contribution >= 0.6 is 0 Å². The Kier molecular flexibility index (Phi) is 9.54. The summed E-state index contributed by atoms with van der Waals surface area (Å²) in [5.41, 5.74) is -0.483. The zero-order chi connectivity index (χ0) is 18.7. The summed E-state index contributed by atoms with van der Waals surface area (Å²) >= 11 is 0. The molecule has 0 unspecified atom stereocenters. The third-order valence-electron chi connectivity index (χ3n) is 4.05. The van der Waals surface area contributed by atoms with E-state index in [0.29, 0.717) is 5.76 Å². The molecule has 0 fully saturated rings. The number of carbonyl (C=O) groups is 2. The lowest BCUT2D eigenvalue weighted by Crippen LogP contribution is -2.28. The summed E-state index contributed by atoms with van der Waals surface area (Å²) < 4.78 is 10.8. The van der Waals surface area contributed by atoms with Crippen molar-refractivity contribution in [2.45, 2.75) is 91.1 Å².